The van der Waals surface area contributed by atoms with E-state index in [2.05, 4.69) is 0 Å². The van der Waals surface area contributed by atoms with Crippen LogP contribution in [0.2, 0.25) is 0 Å². The van der Waals surface area contributed by atoms with Crippen molar-refractivity contribution in [3.05, 3.63) is 35.4 Å². The molecule has 0 bridgehead atoms. The predicted molar refractivity (Wildman–Crippen MR) is 72.3 cm³/mol. The smallest absolute Gasteiger partial charge is 0.416 e. The maximum absolute atomic E-state index is 12.7. The van der Waals surface area contributed by atoms with Crippen molar-refractivity contribution in [3.63, 3.8) is 0 Å². The van der Waals surface area contributed by atoms with Gasteiger partial charge in [-0.15, -0.1) is 0 Å². The van der Waals surface area contributed by atoms with Gasteiger partial charge in [0.1, 0.15) is 0 Å². The van der Waals surface area contributed by atoms with Crippen LogP contribution in [0.3, 0.4) is 0 Å². The number of piperidine rings is 1. The highest BCUT2D eigenvalue weighted by atomic mass is 19.4. The van der Waals surface area contributed by atoms with Crippen molar-refractivity contribution >= 4 is 11.9 Å². The SMILES string of the molecule is O=C(O)CC1CCN(C(=O)c2cccc(C(F)(F)F)c2)CC1. The second-order valence-corrected chi connectivity index (χ2v) is 5.41. The highest BCUT2D eigenvalue weighted by Crippen LogP contribution is 2.30. The standard InChI is InChI=1S/C15H16F3NO3/c16-15(17,18)12-3-1-2-11(9-12)14(22)19-6-4-10(5-7-19)8-13(20)21/h1-3,9-10H,4-8H2,(H,20,21). The largest absolute Gasteiger partial charge is 0.481 e. The third-order valence-electron chi connectivity index (χ3n) is 3.80. The number of hydrogen-bond acceptors (Lipinski definition) is 2. The Hall–Kier alpha value is -2.05. The van der Waals surface area contributed by atoms with Gasteiger partial charge in [-0.1, -0.05) is 6.07 Å². The molecule has 7 heteroatoms. The normalized spacial score (nSPS) is 16.6. The molecule has 22 heavy (non-hydrogen) atoms. The van der Waals surface area contributed by atoms with E-state index in [1.807, 2.05) is 0 Å². The van der Waals surface area contributed by atoms with E-state index in [0.29, 0.717) is 25.9 Å². The first-order chi connectivity index (χ1) is 10.3. The predicted octanol–water partition coefficient (Wildman–Crippen LogP) is 3.03. The Morgan fingerprint density at radius 3 is 2.41 bits per heavy atom. The lowest BCUT2D eigenvalue weighted by Gasteiger charge is -2.31. The van der Waals surface area contributed by atoms with Gasteiger partial charge in [0.2, 0.25) is 0 Å². The van der Waals surface area contributed by atoms with Gasteiger partial charge in [-0.05, 0) is 37.0 Å². The van der Waals surface area contributed by atoms with Crippen molar-refractivity contribution in [1.82, 2.24) is 4.90 Å². The number of amides is 1. The van der Waals surface area contributed by atoms with Gasteiger partial charge in [0.05, 0.1) is 5.56 Å². The number of carbonyl (C=O) groups excluding carboxylic acids is 1. The van der Waals surface area contributed by atoms with Gasteiger partial charge in [0.15, 0.2) is 0 Å². The van der Waals surface area contributed by atoms with E-state index in [1.165, 1.54) is 17.0 Å². The van der Waals surface area contributed by atoms with Crippen molar-refractivity contribution in [2.45, 2.75) is 25.4 Å². The van der Waals surface area contributed by atoms with Crippen molar-refractivity contribution < 1.29 is 27.9 Å². The topological polar surface area (TPSA) is 57.6 Å². The Labute approximate surface area is 125 Å². The Morgan fingerprint density at radius 1 is 1.23 bits per heavy atom. The molecule has 1 saturated heterocycles. The molecule has 0 radical (unpaired) electrons. The van der Waals surface area contributed by atoms with E-state index in [0.717, 1.165) is 12.1 Å². The minimum atomic E-state index is -4.48. The summed E-state index contributed by atoms with van der Waals surface area (Å²) in [7, 11) is 0. The van der Waals surface area contributed by atoms with Gasteiger partial charge < -0.3 is 10.0 Å². The number of rotatable bonds is 3. The summed E-state index contributed by atoms with van der Waals surface area (Å²) < 4.78 is 38.0. The number of aliphatic carboxylic acids is 1. The van der Waals surface area contributed by atoms with Crippen LogP contribution in [0.1, 0.15) is 35.2 Å². The first kappa shape index (κ1) is 16.3. The molecule has 0 spiro atoms. The molecule has 4 nitrogen and oxygen atoms in total. The van der Waals surface area contributed by atoms with Crippen molar-refractivity contribution in [1.29, 1.82) is 0 Å². The van der Waals surface area contributed by atoms with Crippen LogP contribution in [0.25, 0.3) is 0 Å². The summed E-state index contributed by atoms with van der Waals surface area (Å²) in [5.41, 5.74) is -0.842. The number of benzene rings is 1. The molecule has 1 amide bonds. The zero-order valence-electron chi connectivity index (χ0n) is 11.8. The number of alkyl halides is 3. The van der Waals surface area contributed by atoms with Crippen LogP contribution < -0.4 is 0 Å². The van der Waals surface area contributed by atoms with Crippen LogP contribution in [-0.4, -0.2) is 35.0 Å². The second kappa shape index (κ2) is 6.37. The molecule has 1 N–H and O–H groups in total. The zero-order valence-corrected chi connectivity index (χ0v) is 11.8. The average Bonchev–Trinajstić information content (AvgIpc) is 2.46. The van der Waals surface area contributed by atoms with E-state index in [4.69, 9.17) is 5.11 Å². The minimum Gasteiger partial charge on any atom is -0.481 e. The van der Waals surface area contributed by atoms with Crippen LogP contribution >= 0.6 is 0 Å². The monoisotopic (exact) mass is 315 g/mol. The molecular weight excluding hydrogens is 299 g/mol. The van der Waals surface area contributed by atoms with Crippen molar-refractivity contribution in [3.8, 4) is 0 Å². The Balaban J connectivity index is 2.03. The second-order valence-electron chi connectivity index (χ2n) is 5.41. The Bertz CT molecular complexity index is 563. The Kier molecular flexibility index (Phi) is 4.73. The molecule has 0 aromatic heterocycles. The summed E-state index contributed by atoms with van der Waals surface area (Å²) in [6, 6.07) is 4.36. The average molecular weight is 315 g/mol. The van der Waals surface area contributed by atoms with E-state index < -0.39 is 23.6 Å². The number of hydrogen-bond donors (Lipinski definition) is 1. The fourth-order valence-electron chi connectivity index (χ4n) is 2.60. The summed E-state index contributed by atoms with van der Waals surface area (Å²) in [4.78, 5) is 24.4. The number of halogens is 3. The highest BCUT2D eigenvalue weighted by molar-refractivity contribution is 5.94. The first-order valence-electron chi connectivity index (χ1n) is 6.95. The number of carboxylic acid groups (broad SMARTS) is 1. The summed E-state index contributed by atoms with van der Waals surface area (Å²) >= 11 is 0. The fourth-order valence-corrected chi connectivity index (χ4v) is 2.60. The highest BCUT2D eigenvalue weighted by Gasteiger charge is 2.32. The van der Waals surface area contributed by atoms with Crippen molar-refractivity contribution in [2.75, 3.05) is 13.1 Å². The van der Waals surface area contributed by atoms with Crippen LogP contribution in [0.4, 0.5) is 13.2 Å². The third kappa shape index (κ3) is 3.99. The summed E-state index contributed by atoms with van der Waals surface area (Å²) in [6.45, 7) is 0.736. The number of nitrogens with zero attached hydrogens (tertiary/aromatic N) is 1. The number of likely N-dealkylation sites (tertiary alicyclic amines) is 1. The lowest BCUT2D eigenvalue weighted by molar-refractivity contribution is -0.139. The quantitative estimate of drug-likeness (QED) is 0.933. The van der Waals surface area contributed by atoms with Gasteiger partial charge >= 0.3 is 12.1 Å². The molecule has 2 rings (SSSR count). The molecule has 0 unspecified atom stereocenters. The van der Waals surface area contributed by atoms with E-state index >= 15 is 0 Å². The first-order valence-corrected chi connectivity index (χ1v) is 6.95. The van der Waals surface area contributed by atoms with Crippen LogP contribution in [-0.2, 0) is 11.0 Å². The van der Waals surface area contributed by atoms with Crippen LogP contribution in [0.5, 0.6) is 0 Å². The van der Waals surface area contributed by atoms with Crippen molar-refractivity contribution in [2.24, 2.45) is 5.92 Å². The van der Waals surface area contributed by atoms with Crippen LogP contribution in [0, 0.1) is 5.92 Å². The molecule has 1 aliphatic heterocycles. The summed E-state index contributed by atoms with van der Waals surface area (Å²) in [5.74, 6) is -1.30. The summed E-state index contributed by atoms with van der Waals surface area (Å²) in [5, 5.41) is 8.74. The molecule has 1 aromatic rings. The van der Waals surface area contributed by atoms with Gasteiger partial charge in [0.25, 0.3) is 5.91 Å². The summed E-state index contributed by atoms with van der Waals surface area (Å²) in [6.07, 6.45) is -3.32. The van der Waals surface area contributed by atoms with Crippen LogP contribution in [0.15, 0.2) is 24.3 Å². The fraction of sp³-hybridized carbons (Fsp3) is 0.467. The number of carboxylic acids is 1. The van der Waals surface area contributed by atoms with Gasteiger partial charge in [0, 0.05) is 25.1 Å². The maximum atomic E-state index is 12.7. The molecule has 1 aliphatic rings. The maximum Gasteiger partial charge on any atom is 0.416 e. The lowest BCUT2D eigenvalue weighted by Crippen LogP contribution is -2.39. The molecule has 1 aromatic carbocycles. The van der Waals surface area contributed by atoms with E-state index in [1.54, 1.807) is 0 Å². The van der Waals surface area contributed by atoms with E-state index in [-0.39, 0.29) is 17.9 Å². The van der Waals surface area contributed by atoms with Gasteiger partial charge in [-0.2, -0.15) is 13.2 Å². The van der Waals surface area contributed by atoms with E-state index in [9.17, 15) is 22.8 Å². The minimum absolute atomic E-state index is 0.00603. The van der Waals surface area contributed by atoms with Gasteiger partial charge in [-0.25, -0.2) is 0 Å². The molecular formula is C15H16F3NO3. The Morgan fingerprint density at radius 2 is 1.86 bits per heavy atom. The van der Waals surface area contributed by atoms with Gasteiger partial charge in [-0.3, -0.25) is 9.59 Å². The lowest BCUT2D eigenvalue weighted by atomic mass is 9.93. The molecule has 1 fully saturated rings. The molecule has 1 heterocycles. The third-order valence-corrected chi connectivity index (χ3v) is 3.80. The molecule has 0 atom stereocenters. The number of carbonyl (C=O) groups is 2. The molecule has 0 aliphatic carbocycles. The molecule has 0 saturated carbocycles. The zero-order chi connectivity index (χ0) is 16.3. The molecule has 120 valence electrons.